The predicted octanol–water partition coefficient (Wildman–Crippen LogP) is 1.37. The summed E-state index contributed by atoms with van der Waals surface area (Å²) in [6, 6.07) is 9.06. The van der Waals surface area contributed by atoms with Gasteiger partial charge in [-0.1, -0.05) is 30.3 Å². The quantitative estimate of drug-likeness (QED) is 0.863. The molecule has 6 nitrogen and oxygen atoms in total. The molecular formula is C13H12N4O2S. The molecule has 0 spiro atoms. The maximum atomic E-state index is 11.8. The van der Waals surface area contributed by atoms with E-state index in [1.165, 1.54) is 18.6 Å². The summed E-state index contributed by atoms with van der Waals surface area (Å²) in [5.41, 5.74) is 0.919. The van der Waals surface area contributed by atoms with Crippen molar-refractivity contribution in [1.29, 1.82) is 0 Å². The van der Waals surface area contributed by atoms with Gasteiger partial charge in [0.15, 0.2) is 5.82 Å². The van der Waals surface area contributed by atoms with Crippen LogP contribution in [0.25, 0.3) is 11.4 Å². The van der Waals surface area contributed by atoms with E-state index in [2.05, 4.69) is 14.7 Å². The van der Waals surface area contributed by atoms with E-state index in [0.29, 0.717) is 11.0 Å². The summed E-state index contributed by atoms with van der Waals surface area (Å²) in [7, 11) is 1.49. The average Bonchev–Trinajstić information content (AvgIpc) is 3.02. The Morgan fingerprint density at radius 2 is 2.05 bits per heavy atom. The number of benzene rings is 1. The fourth-order valence-electron chi connectivity index (χ4n) is 2.00. The molecule has 1 aromatic carbocycles. The SMILES string of the molecule is CN1C(=O)C[C@@H](Nc2nc(-c3ccccc3)ns2)C1=O. The first-order valence-electron chi connectivity index (χ1n) is 6.11. The topological polar surface area (TPSA) is 75.2 Å². The summed E-state index contributed by atoms with van der Waals surface area (Å²) in [5.74, 6) is 0.204. The van der Waals surface area contributed by atoms with Crippen molar-refractivity contribution in [2.24, 2.45) is 0 Å². The molecule has 20 heavy (non-hydrogen) atoms. The van der Waals surface area contributed by atoms with Crippen molar-refractivity contribution in [1.82, 2.24) is 14.3 Å². The van der Waals surface area contributed by atoms with Crippen LogP contribution < -0.4 is 5.32 Å². The molecule has 7 heteroatoms. The number of carbonyl (C=O) groups is 2. The van der Waals surface area contributed by atoms with Gasteiger partial charge in [-0.25, -0.2) is 0 Å². The minimum atomic E-state index is -0.538. The van der Waals surface area contributed by atoms with Gasteiger partial charge in [-0.2, -0.15) is 9.36 Å². The Labute approximate surface area is 119 Å². The molecule has 1 aliphatic rings. The molecule has 0 saturated carbocycles. The molecule has 2 heterocycles. The molecule has 1 aromatic heterocycles. The number of anilines is 1. The minimum absolute atomic E-state index is 0.162. The van der Waals surface area contributed by atoms with E-state index in [9.17, 15) is 9.59 Å². The number of imide groups is 1. The molecule has 3 rings (SSSR count). The first-order valence-corrected chi connectivity index (χ1v) is 6.88. The van der Waals surface area contributed by atoms with Crippen LogP contribution in [0.5, 0.6) is 0 Å². The lowest BCUT2D eigenvalue weighted by Gasteiger charge is -2.08. The molecule has 2 aromatic rings. The highest BCUT2D eigenvalue weighted by atomic mass is 32.1. The van der Waals surface area contributed by atoms with E-state index < -0.39 is 6.04 Å². The summed E-state index contributed by atoms with van der Waals surface area (Å²) < 4.78 is 4.25. The third kappa shape index (κ3) is 2.27. The number of carbonyl (C=O) groups excluding carboxylic acids is 2. The summed E-state index contributed by atoms with van der Waals surface area (Å²) in [5, 5.41) is 3.52. The van der Waals surface area contributed by atoms with E-state index in [0.717, 1.165) is 10.5 Å². The molecular weight excluding hydrogens is 276 g/mol. The van der Waals surface area contributed by atoms with Crippen LogP contribution in [0.3, 0.4) is 0 Å². The van der Waals surface area contributed by atoms with Gasteiger partial charge < -0.3 is 5.32 Å². The maximum absolute atomic E-state index is 11.8. The molecule has 1 fully saturated rings. The van der Waals surface area contributed by atoms with Crippen molar-refractivity contribution in [3.05, 3.63) is 30.3 Å². The second kappa shape index (κ2) is 5.01. The number of hydrogen-bond donors (Lipinski definition) is 1. The highest BCUT2D eigenvalue weighted by molar-refractivity contribution is 7.09. The largest absolute Gasteiger partial charge is 0.348 e. The van der Waals surface area contributed by atoms with Gasteiger partial charge in [-0.3, -0.25) is 14.5 Å². The van der Waals surface area contributed by atoms with Crippen LogP contribution in [0.15, 0.2) is 30.3 Å². The van der Waals surface area contributed by atoms with E-state index >= 15 is 0 Å². The predicted molar refractivity (Wildman–Crippen MR) is 75.1 cm³/mol. The van der Waals surface area contributed by atoms with Crippen molar-refractivity contribution < 1.29 is 9.59 Å². The molecule has 1 atom stereocenters. The second-order valence-electron chi connectivity index (χ2n) is 4.48. The molecule has 2 amide bonds. The van der Waals surface area contributed by atoms with E-state index in [1.54, 1.807) is 0 Å². The Bertz CT molecular complexity index is 655. The number of nitrogens with one attached hydrogen (secondary N) is 1. The van der Waals surface area contributed by atoms with Gasteiger partial charge in [0.25, 0.3) is 5.91 Å². The Morgan fingerprint density at radius 3 is 2.70 bits per heavy atom. The normalized spacial score (nSPS) is 18.6. The van der Waals surface area contributed by atoms with E-state index in [-0.39, 0.29) is 18.2 Å². The van der Waals surface area contributed by atoms with Crippen molar-refractivity contribution in [2.75, 3.05) is 12.4 Å². The van der Waals surface area contributed by atoms with Crippen molar-refractivity contribution in [3.8, 4) is 11.4 Å². The van der Waals surface area contributed by atoms with Crippen LogP contribution in [-0.2, 0) is 9.59 Å². The smallest absolute Gasteiger partial charge is 0.251 e. The van der Waals surface area contributed by atoms with Crippen molar-refractivity contribution in [2.45, 2.75) is 12.5 Å². The van der Waals surface area contributed by atoms with Gasteiger partial charge in [0, 0.05) is 24.1 Å². The molecule has 1 saturated heterocycles. The van der Waals surface area contributed by atoms with E-state index in [1.807, 2.05) is 30.3 Å². The summed E-state index contributed by atoms with van der Waals surface area (Å²) in [6.07, 6.45) is 0.162. The first-order chi connectivity index (χ1) is 9.65. The fraction of sp³-hybridized carbons (Fsp3) is 0.231. The molecule has 0 unspecified atom stereocenters. The minimum Gasteiger partial charge on any atom is -0.348 e. The Balaban J connectivity index is 1.76. The second-order valence-corrected chi connectivity index (χ2v) is 5.23. The summed E-state index contributed by atoms with van der Waals surface area (Å²) in [4.78, 5) is 28.7. The Morgan fingerprint density at radius 1 is 1.30 bits per heavy atom. The molecule has 102 valence electrons. The van der Waals surface area contributed by atoms with Crippen LogP contribution in [-0.4, -0.2) is 39.2 Å². The average molecular weight is 288 g/mol. The molecule has 0 aliphatic carbocycles. The number of likely N-dealkylation sites (tertiary alicyclic amines) is 1. The van der Waals surface area contributed by atoms with Gasteiger partial charge in [0.1, 0.15) is 6.04 Å². The van der Waals surface area contributed by atoms with Crippen LogP contribution in [0.2, 0.25) is 0 Å². The number of likely N-dealkylation sites (N-methyl/N-ethyl adjacent to an activating group) is 1. The number of rotatable bonds is 3. The zero-order valence-electron chi connectivity index (χ0n) is 10.7. The fourth-order valence-corrected chi connectivity index (χ4v) is 2.65. The number of amides is 2. The Kier molecular flexibility index (Phi) is 3.19. The molecule has 1 N–H and O–H groups in total. The highest BCUT2D eigenvalue weighted by Crippen LogP contribution is 2.23. The lowest BCUT2D eigenvalue weighted by molar-refractivity contribution is -0.136. The van der Waals surface area contributed by atoms with Crippen LogP contribution in [0.4, 0.5) is 5.13 Å². The lowest BCUT2D eigenvalue weighted by atomic mass is 10.2. The van der Waals surface area contributed by atoms with Crippen LogP contribution >= 0.6 is 11.5 Å². The zero-order chi connectivity index (χ0) is 14.1. The van der Waals surface area contributed by atoms with Crippen LogP contribution in [0.1, 0.15) is 6.42 Å². The van der Waals surface area contributed by atoms with Gasteiger partial charge in [0.05, 0.1) is 6.42 Å². The van der Waals surface area contributed by atoms with Gasteiger partial charge in [-0.15, -0.1) is 0 Å². The monoisotopic (exact) mass is 288 g/mol. The summed E-state index contributed by atoms with van der Waals surface area (Å²) in [6.45, 7) is 0. The van der Waals surface area contributed by atoms with Crippen molar-refractivity contribution in [3.63, 3.8) is 0 Å². The zero-order valence-corrected chi connectivity index (χ0v) is 11.6. The first kappa shape index (κ1) is 12.7. The number of hydrogen-bond acceptors (Lipinski definition) is 6. The Hall–Kier alpha value is -2.28. The number of aromatic nitrogens is 2. The van der Waals surface area contributed by atoms with Crippen molar-refractivity contribution >= 4 is 28.5 Å². The highest BCUT2D eigenvalue weighted by Gasteiger charge is 2.36. The standard InChI is InChI=1S/C13H12N4O2S/c1-17-10(18)7-9(12(17)19)14-13-15-11(16-20-13)8-5-3-2-4-6-8/h2-6,9H,7H2,1H3,(H,14,15,16)/t9-/m1/s1. The van der Waals surface area contributed by atoms with E-state index in [4.69, 9.17) is 0 Å². The van der Waals surface area contributed by atoms with Gasteiger partial charge in [-0.05, 0) is 0 Å². The summed E-state index contributed by atoms with van der Waals surface area (Å²) >= 11 is 1.18. The third-order valence-electron chi connectivity index (χ3n) is 3.14. The number of nitrogens with zero attached hydrogens (tertiary/aromatic N) is 3. The lowest BCUT2D eigenvalue weighted by Crippen LogP contribution is -2.31. The molecule has 1 aliphatic heterocycles. The van der Waals surface area contributed by atoms with Crippen LogP contribution in [0, 0.1) is 0 Å². The third-order valence-corrected chi connectivity index (χ3v) is 3.78. The van der Waals surface area contributed by atoms with Gasteiger partial charge >= 0.3 is 0 Å². The van der Waals surface area contributed by atoms with Gasteiger partial charge in [0.2, 0.25) is 11.0 Å². The maximum Gasteiger partial charge on any atom is 0.251 e. The molecule has 0 bridgehead atoms. The molecule has 0 radical (unpaired) electrons.